The number of hydrogen-bond donors (Lipinski definition) is 1. The lowest BCUT2D eigenvalue weighted by Gasteiger charge is -2.30. The van der Waals surface area contributed by atoms with E-state index >= 15 is 0 Å². The number of carbonyl (C=O) groups is 2. The van der Waals surface area contributed by atoms with Crippen molar-refractivity contribution in [2.45, 2.75) is 26.4 Å². The number of benzene rings is 1. The van der Waals surface area contributed by atoms with Gasteiger partial charge < -0.3 is 10.2 Å². The van der Waals surface area contributed by atoms with Crippen LogP contribution in [0.3, 0.4) is 0 Å². The standard InChI is InChI=1S/C22H21N5O2S/c1-15-19(12-24-21(28)8-7-16-5-3-2-4-6-16)18-9-10-27(14-17(18)11-23-15)22(29)20-13-25-30-26-20/h2-8,11,13H,9-10,12,14H2,1H3,(H,24,28)/b8-7+. The summed E-state index contributed by atoms with van der Waals surface area (Å²) in [4.78, 5) is 31.1. The fourth-order valence-corrected chi connectivity index (χ4v) is 3.93. The number of rotatable bonds is 5. The van der Waals surface area contributed by atoms with Crippen molar-refractivity contribution in [2.75, 3.05) is 6.54 Å². The Kier molecular flexibility index (Phi) is 5.94. The van der Waals surface area contributed by atoms with Crippen LogP contribution < -0.4 is 5.32 Å². The third-order valence-corrected chi connectivity index (χ3v) is 5.61. The molecule has 8 heteroatoms. The summed E-state index contributed by atoms with van der Waals surface area (Å²) < 4.78 is 7.95. The predicted octanol–water partition coefficient (Wildman–Crippen LogP) is 2.77. The fraction of sp³-hybridized carbons (Fsp3) is 0.227. The first-order valence-electron chi connectivity index (χ1n) is 9.66. The minimum absolute atomic E-state index is 0.115. The molecule has 0 fully saturated rings. The van der Waals surface area contributed by atoms with Crippen LogP contribution in [0.4, 0.5) is 0 Å². The number of nitrogens with one attached hydrogen (secondary N) is 1. The molecule has 0 bridgehead atoms. The Morgan fingerprint density at radius 2 is 2.07 bits per heavy atom. The molecule has 0 atom stereocenters. The normalized spacial score (nSPS) is 13.3. The van der Waals surface area contributed by atoms with Crippen LogP contribution in [0.2, 0.25) is 0 Å². The highest BCUT2D eigenvalue weighted by atomic mass is 32.1. The highest BCUT2D eigenvalue weighted by Crippen LogP contribution is 2.24. The summed E-state index contributed by atoms with van der Waals surface area (Å²) in [5.74, 6) is -0.268. The Balaban J connectivity index is 1.44. The Hall–Kier alpha value is -3.39. The lowest BCUT2D eigenvalue weighted by atomic mass is 9.94. The smallest absolute Gasteiger partial charge is 0.275 e. The first kappa shape index (κ1) is 19.9. The fourth-order valence-electron chi connectivity index (χ4n) is 3.52. The zero-order valence-corrected chi connectivity index (χ0v) is 17.4. The van der Waals surface area contributed by atoms with Gasteiger partial charge in [0.25, 0.3) is 5.91 Å². The van der Waals surface area contributed by atoms with Crippen LogP contribution in [-0.4, -0.2) is 37.0 Å². The molecule has 0 radical (unpaired) electrons. The van der Waals surface area contributed by atoms with Gasteiger partial charge in [-0.3, -0.25) is 14.6 Å². The molecular formula is C22H21N5O2S. The SMILES string of the molecule is Cc1ncc2c(c1CNC(=O)/C=C/c1ccccc1)CCN(C(=O)c1cnsn1)C2. The van der Waals surface area contributed by atoms with Crippen molar-refractivity contribution < 1.29 is 9.59 Å². The molecule has 4 rings (SSSR count). The number of aryl methyl sites for hydroxylation is 1. The van der Waals surface area contributed by atoms with E-state index in [2.05, 4.69) is 19.0 Å². The first-order chi connectivity index (χ1) is 14.6. The van der Waals surface area contributed by atoms with Gasteiger partial charge in [0.05, 0.1) is 17.9 Å². The van der Waals surface area contributed by atoms with E-state index < -0.39 is 0 Å². The van der Waals surface area contributed by atoms with Crippen LogP contribution in [0, 0.1) is 6.92 Å². The molecule has 3 heterocycles. The van der Waals surface area contributed by atoms with Gasteiger partial charge in [0.15, 0.2) is 5.69 Å². The highest BCUT2D eigenvalue weighted by molar-refractivity contribution is 6.99. The summed E-state index contributed by atoms with van der Waals surface area (Å²) in [5.41, 5.74) is 5.44. The second kappa shape index (κ2) is 8.96. The maximum Gasteiger partial charge on any atom is 0.275 e. The van der Waals surface area contributed by atoms with Gasteiger partial charge in [0.2, 0.25) is 5.91 Å². The van der Waals surface area contributed by atoms with Crippen LogP contribution in [0.5, 0.6) is 0 Å². The van der Waals surface area contributed by atoms with Crippen LogP contribution in [0.1, 0.15) is 38.4 Å². The molecule has 2 amide bonds. The van der Waals surface area contributed by atoms with E-state index in [1.165, 1.54) is 12.3 Å². The Bertz CT molecular complexity index is 1080. The van der Waals surface area contributed by atoms with Gasteiger partial charge in [-0.05, 0) is 41.7 Å². The molecule has 1 aliphatic rings. The van der Waals surface area contributed by atoms with Crippen molar-refractivity contribution >= 4 is 29.6 Å². The zero-order valence-electron chi connectivity index (χ0n) is 16.5. The Morgan fingerprint density at radius 1 is 1.23 bits per heavy atom. The Labute approximate surface area is 178 Å². The second-order valence-electron chi connectivity index (χ2n) is 7.06. The summed E-state index contributed by atoms with van der Waals surface area (Å²) in [6.45, 7) is 3.43. The maximum atomic E-state index is 12.6. The number of hydrogen-bond acceptors (Lipinski definition) is 6. The van der Waals surface area contributed by atoms with E-state index in [9.17, 15) is 9.59 Å². The monoisotopic (exact) mass is 419 g/mol. The summed E-state index contributed by atoms with van der Waals surface area (Å²) >= 11 is 1.03. The van der Waals surface area contributed by atoms with Crippen molar-refractivity contribution in [1.29, 1.82) is 0 Å². The molecule has 1 aliphatic heterocycles. The number of nitrogens with zero attached hydrogens (tertiary/aromatic N) is 4. The maximum absolute atomic E-state index is 12.6. The van der Waals surface area contributed by atoms with Gasteiger partial charge in [-0.1, -0.05) is 30.3 Å². The molecule has 30 heavy (non-hydrogen) atoms. The minimum atomic E-state index is -0.153. The molecule has 1 N–H and O–H groups in total. The zero-order chi connectivity index (χ0) is 20.9. The number of amides is 2. The summed E-state index contributed by atoms with van der Waals surface area (Å²) in [5, 5.41) is 2.95. The topological polar surface area (TPSA) is 88.1 Å². The number of aromatic nitrogens is 3. The van der Waals surface area contributed by atoms with Crippen molar-refractivity contribution in [1.82, 2.24) is 23.9 Å². The highest BCUT2D eigenvalue weighted by Gasteiger charge is 2.25. The molecule has 3 aromatic rings. The van der Waals surface area contributed by atoms with E-state index in [1.807, 2.05) is 43.5 Å². The van der Waals surface area contributed by atoms with Crippen LogP contribution in [0.25, 0.3) is 6.08 Å². The van der Waals surface area contributed by atoms with E-state index in [4.69, 9.17) is 0 Å². The summed E-state index contributed by atoms with van der Waals surface area (Å²) in [6, 6.07) is 9.69. The molecule has 7 nitrogen and oxygen atoms in total. The average molecular weight is 420 g/mol. The predicted molar refractivity (Wildman–Crippen MR) is 115 cm³/mol. The van der Waals surface area contributed by atoms with Crippen molar-refractivity contribution in [3.63, 3.8) is 0 Å². The molecule has 0 spiro atoms. The summed E-state index contributed by atoms with van der Waals surface area (Å²) in [6.07, 6.45) is 7.37. The van der Waals surface area contributed by atoms with Gasteiger partial charge in [0, 0.05) is 37.6 Å². The van der Waals surface area contributed by atoms with Crippen molar-refractivity contribution in [3.8, 4) is 0 Å². The van der Waals surface area contributed by atoms with Gasteiger partial charge in [-0.2, -0.15) is 8.75 Å². The Morgan fingerprint density at radius 3 is 2.83 bits per heavy atom. The minimum Gasteiger partial charge on any atom is -0.348 e. The van der Waals surface area contributed by atoms with Crippen LogP contribution in [-0.2, 0) is 24.3 Å². The third-order valence-electron chi connectivity index (χ3n) is 5.13. The quantitative estimate of drug-likeness (QED) is 0.643. The second-order valence-corrected chi connectivity index (χ2v) is 7.61. The lowest BCUT2D eigenvalue weighted by Crippen LogP contribution is -2.37. The van der Waals surface area contributed by atoms with Gasteiger partial charge in [-0.25, -0.2) is 0 Å². The van der Waals surface area contributed by atoms with Gasteiger partial charge in [-0.15, -0.1) is 0 Å². The number of carbonyl (C=O) groups excluding carboxylic acids is 2. The van der Waals surface area contributed by atoms with Crippen molar-refractivity contribution in [2.24, 2.45) is 0 Å². The van der Waals surface area contributed by atoms with Crippen LogP contribution >= 0.6 is 11.7 Å². The van der Waals surface area contributed by atoms with E-state index in [-0.39, 0.29) is 11.8 Å². The van der Waals surface area contributed by atoms with E-state index in [1.54, 1.807) is 11.0 Å². The van der Waals surface area contributed by atoms with E-state index in [0.29, 0.717) is 31.7 Å². The third kappa shape index (κ3) is 4.44. The summed E-state index contributed by atoms with van der Waals surface area (Å²) in [7, 11) is 0. The molecule has 0 aliphatic carbocycles. The largest absolute Gasteiger partial charge is 0.348 e. The molecular weight excluding hydrogens is 398 g/mol. The average Bonchev–Trinajstić information content (AvgIpc) is 3.32. The molecule has 0 saturated heterocycles. The van der Waals surface area contributed by atoms with Gasteiger partial charge >= 0.3 is 0 Å². The molecule has 2 aromatic heterocycles. The van der Waals surface area contributed by atoms with Crippen LogP contribution in [0.15, 0.2) is 48.8 Å². The number of pyridine rings is 1. The molecule has 1 aromatic carbocycles. The molecule has 0 saturated carbocycles. The molecule has 0 unspecified atom stereocenters. The van der Waals surface area contributed by atoms with Crippen molar-refractivity contribution in [3.05, 3.63) is 82.4 Å². The molecule has 152 valence electrons. The first-order valence-corrected chi connectivity index (χ1v) is 10.4. The van der Waals surface area contributed by atoms with Gasteiger partial charge in [0.1, 0.15) is 0 Å². The lowest BCUT2D eigenvalue weighted by molar-refractivity contribution is -0.116. The number of fused-ring (bicyclic) bond motifs is 1. The van der Waals surface area contributed by atoms with E-state index in [0.717, 1.165) is 39.7 Å².